The number of H-pyrrole nitrogens is 1. The average molecular weight is 351 g/mol. The van der Waals surface area contributed by atoms with Gasteiger partial charge in [-0.3, -0.25) is 0 Å². The van der Waals surface area contributed by atoms with E-state index < -0.39 is 0 Å². The molecule has 4 nitrogen and oxygen atoms in total. The van der Waals surface area contributed by atoms with Crippen molar-refractivity contribution in [2.24, 2.45) is 0 Å². The molecule has 1 saturated carbocycles. The molecule has 4 rings (SSSR count). The molecule has 0 radical (unpaired) electrons. The molecule has 0 saturated heterocycles. The van der Waals surface area contributed by atoms with Crippen molar-refractivity contribution in [2.75, 3.05) is 7.11 Å². The van der Waals surface area contributed by atoms with E-state index in [0.29, 0.717) is 18.3 Å². The number of aromatic hydroxyl groups is 1. The van der Waals surface area contributed by atoms with E-state index in [9.17, 15) is 5.11 Å². The summed E-state index contributed by atoms with van der Waals surface area (Å²) in [4.78, 5) is 13.4. The quantitative estimate of drug-likeness (QED) is 0.460. The zero-order chi connectivity index (χ0) is 17.9. The van der Waals surface area contributed by atoms with Gasteiger partial charge in [0.05, 0.1) is 12.8 Å². The van der Waals surface area contributed by atoms with Crippen molar-refractivity contribution in [1.82, 2.24) is 4.98 Å². The molecular formula is C22H25NO3. The molecule has 1 fully saturated rings. The summed E-state index contributed by atoms with van der Waals surface area (Å²) in [6.45, 7) is 0.413. The van der Waals surface area contributed by atoms with Gasteiger partial charge in [0, 0.05) is 16.5 Å². The largest absolute Gasteiger partial charge is 0.507 e. The number of rotatable bonds is 5. The Labute approximate surface area is 153 Å². The third kappa shape index (κ3) is 3.22. The van der Waals surface area contributed by atoms with Crippen LogP contribution in [0.2, 0.25) is 0 Å². The molecule has 0 aliphatic heterocycles. The molecule has 0 atom stereocenters. The second-order valence-electron chi connectivity index (χ2n) is 7.07. The molecule has 3 aromatic rings. The second-order valence-corrected chi connectivity index (χ2v) is 7.07. The van der Waals surface area contributed by atoms with Gasteiger partial charge in [0.1, 0.15) is 12.4 Å². The zero-order valence-corrected chi connectivity index (χ0v) is 15.1. The number of phenols is 1. The molecule has 1 aliphatic carbocycles. The molecule has 1 heterocycles. The summed E-state index contributed by atoms with van der Waals surface area (Å²) in [7, 11) is 1.52. The number of aromatic nitrogens is 1. The molecule has 1 aliphatic rings. The number of aromatic amines is 1. The minimum absolute atomic E-state index is 0.319. The van der Waals surface area contributed by atoms with E-state index >= 15 is 0 Å². The van der Waals surface area contributed by atoms with Gasteiger partial charge in [-0.05, 0) is 48.1 Å². The molecule has 0 unspecified atom stereocenters. The smallest absolute Gasteiger partial charge is 0.124 e. The molecule has 2 aromatic carbocycles. The predicted octanol–water partition coefficient (Wildman–Crippen LogP) is 5.67. The molecular weight excluding hydrogens is 326 g/mol. The normalized spacial score (nSPS) is 15.6. The van der Waals surface area contributed by atoms with Crippen LogP contribution in [0.25, 0.3) is 22.2 Å². The van der Waals surface area contributed by atoms with Crippen LogP contribution in [0.15, 0.2) is 42.5 Å². The van der Waals surface area contributed by atoms with Crippen LogP contribution in [0.1, 0.15) is 49.1 Å². The molecule has 136 valence electrons. The Morgan fingerprint density at radius 3 is 2.65 bits per heavy atom. The fraction of sp³-hybridized carbons (Fsp3) is 0.364. The van der Waals surface area contributed by atoms with Crippen molar-refractivity contribution in [3.05, 3.63) is 53.6 Å². The Bertz CT molecular complexity index is 894. The van der Waals surface area contributed by atoms with Crippen LogP contribution in [0, 0.1) is 0 Å². The Morgan fingerprint density at radius 2 is 1.88 bits per heavy atom. The minimum Gasteiger partial charge on any atom is -0.507 e. The first-order valence-electron chi connectivity index (χ1n) is 9.36. The zero-order valence-electron chi connectivity index (χ0n) is 15.1. The van der Waals surface area contributed by atoms with E-state index in [1.54, 1.807) is 6.07 Å². The Morgan fingerprint density at radius 1 is 1.08 bits per heavy atom. The molecule has 2 N–H and O–H groups in total. The van der Waals surface area contributed by atoms with E-state index in [-0.39, 0.29) is 0 Å². The third-order valence-corrected chi connectivity index (χ3v) is 5.43. The van der Waals surface area contributed by atoms with Gasteiger partial charge in [-0.15, -0.1) is 0 Å². The highest BCUT2D eigenvalue weighted by Gasteiger charge is 2.24. The number of nitrogens with one attached hydrogen (secondary N) is 1. The van der Waals surface area contributed by atoms with Gasteiger partial charge in [0.2, 0.25) is 0 Å². The highest BCUT2D eigenvalue weighted by molar-refractivity contribution is 5.92. The summed E-state index contributed by atoms with van der Waals surface area (Å²) >= 11 is 0. The van der Waals surface area contributed by atoms with Gasteiger partial charge in [0.15, 0.2) is 0 Å². The fourth-order valence-electron chi connectivity index (χ4n) is 4.20. The van der Waals surface area contributed by atoms with Crippen molar-refractivity contribution in [2.45, 2.75) is 44.6 Å². The summed E-state index contributed by atoms with van der Waals surface area (Å²) in [6.07, 6.45) is 6.29. The van der Waals surface area contributed by atoms with Gasteiger partial charge in [-0.2, -0.15) is 0 Å². The maximum Gasteiger partial charge on any atom is 0.124 e. The van der Waals surface area contributed by atoms with Gasteiger partial charge in [-0.1, -0.05) is 43.5 Å². The predicted molar refractivity (Wildman–Crippen MR) is 103 cm³/mol. The van der Waals surface area contributed by atoms with Crippen LogP contribution in [-0.4, -0.2) is 17.2 Å². The Hall–Kier alpha value is -2.30. The number of hydrogen-bond acceptors (Lipinski definition) is 3. The highest BCUT2D eigenvalue weighted by atomic mass is 17.2. The van der Waals surface area contributed by atoms with Crippen LogP contribution in [0.3, 0.4) is 0 Å². The lowest BCUT2D eigenvalue weighted by Crippen LogP contribution is -2.05. The summed E-state index contributed by atoms with van der Waals surface area (Å²) in [6, 6.07) is 14.0. The maximum atomic E-state index is 10.4. The van der Waals surface area contributed by atoms with E-state index in [4.69, 9.17) is 9.78 Å². The van der Waals surface area contributed by atoms with E-state index in [1.165, 1.54) is 50.2 Å². The molecule has 0 spiro atoms. The van der Waals surface area contributed by atoms with Gasteiger partial charge in [-0.25, -0.2) is 9.78 Å². The van der Waals surface area contributed by atoms with Crippen molar-refractivity contribution < 1.29 is 14.9 Å². The SMILES string of the molecule is COOCc1ccc2c(C3CCCCC3)c(-c3ccccc3O)[nH]c2c1. The summed E-state index contributed by atoms with van der Waals surface area (Å²) in [5, 5.41) is 11.7. The number of benzene rings is 2. The molecule has 4 heteroatoms. The van der Waals surface area contributed by atoms with E-state index in [1.807, 2.05) is 18.2 Å². The minimum atomic E-state index is 0.319. The summed E-state index contributed by atoms with van der Waals surface area (Å²) in [5.74, 6) is 0.854. The van der Waals surface area contributed by atoms with Gasteiger partial charge in [0.25, 0.3) is 0 Å². The first-order chi connectivity index (χ1) is 12.8. The van der Waals surface area contributed by atoms with Crippen LogP contribution >= 0.6 is 0 Å². The first-order valence-corrected chi connectivity index (χ1v) is 9.36. The lowest BCUT2D eigenvalue weighted by Gasteiger charge is -2.23. The standard InChI is InChI=1S/C22H25NO3/c1-25-26-14-15-11-12-17-19(13-15)23-22(18-9-5-6-10-20(18)24)21(17)16-7-3-2-4-8-16/h5-6,9-13,16,23-24H,2-4,7-8,14H2,1H3. The van der Waals surface area contributed by atoms with Crippen LogP contribution in [0.5, 0.6) is 5.75 Å². The van der Waals surface area contributed by atoms with Crippen LogP contribution in [0.4, 0.5) is 0 Å². The number of fused-ring (bicyclic) bond motifs is 1. The summed E-state index contributed by atoms with van der Waals surface area (Å²) < 4.78 is 0. The lowest BCUT2D eigenvalue weighted by molar-refractivity contribution is -0.282. The maximum absolute atomic E-state index is 10.4. The number of para-hydroxylation sites is 1. The highest BCUT2D eigenvalue weighted by Crippen LogP contribution is 2.44. The van der Waals surface area contributed by atoms with E-state index in [2.05, 4.69) is 23.2 Å². The third-order valence-electron chi connectivity index (χ3n) is 5.43. The van der Waals surface area contributed by atoms with Gasteiger partial charge < -0.3 is 10.1 Å². The van der Waals surface area contributed by atoms with Gasteiger partial charge >= 0.3 is 0 Å². The second kappa shape index (κ2) is 7.52. The molecule has 0 amide bonds. The topological polar surface area (TPSA) is 54.5 Å². The average Bonchev–Trinajstić information content (AvgIpc) is 3.05. The molecule has 0 bridgehead atoms. The van der Waals surface area contributed by atoms with E-state index in [0.717, 1.165) is 22.3 Å². The van der Waals surface area contributed by atoms with Crippen LogP contribution in [-0.2, 0) is 16.4 Å². The number of hydrogen-bond donors (Lipinski definition) is 2. The Balaban J connectivity index is 1.86. The number of phenolic OH excluding ortho intramolecular Hbond substituents is 1. The summed E-state index contributed by atoms with van der Waals surface area (Å²) in [5.41, 5.74) is 5.41. The Kier molecular flexibility index (Phi) is 4.96. The lowest BCUT2D eigenvalue weighted by atomic mass is 9.81. The van der Waals surface area contributed by atoms with Crippen LogP contribution < -0.4 is 0 Å². The first kappa shape index (κ1) is 17.1. The van der Waals surface area contributed by atoms with Crippen molar-refractivity contribution in [1.29, 1.82) is 0 Å². The van der Waals surface area contributed by atoms with Crippen molar-refractivity contribution in [3.8, 4) is 17.0 Å². The monoisotopic (exact) mass is 351 g/mol. The van der Waals surface area contributed by atoms with Crippen molar-refractivity contribution in [3.63, 3.8) is 0 Å². The molecule has 26 heavy (non-hydrogen) atoms. The fourth-order valence-corrected chi connectivity index (χ4v) is 4.20. The van der Waals surface area contributed by atoms with Crippen molar-refractivity contribution >= 4 is 10.9 Å². The molecule has 1 aromatic heterocycles.